The van der Waals surface area contributed by atoms with Crippen LogP contribution in [0.1, 0.15) is 23.1 Å². The van der Waals surface area contributed by atoms with E-state index in [1.807, 2.05) is 24.3 Å². The maximum absolute atomic E-state index is 13.8. The molecular weight excluding hydrogens is 532 g/mol. The third-order valence-electron chi connectivity index (χ3n) is 6.11. The minimum atomic E-state index is -0.943. The maximum Gasteiger partial charge on any atom is 0.427 e. The van der Waals surface area contributed by atoms with E-state index in [4.69, 9.17) is 13.9 Å². The molecule has 36 heavy (non-hydrogen) atoms. The Labute approximate surface area is 211 Å². The van der Waals surface area contributed by atoms with Crippen LogP contribution in [0.5, 0.6) is 5.75 Å². The molecule has 1 aromatic heterocycles. The number of non-ortho nitro benzene ring substituents is 1. The van der Waals surface area contributed by atoms with E-state index in [9.17, 15) is 19.7 Å². The van der Waals surface area contributed by atoms with Crippen molar-refractivity contribution < 1.29 is 18.8 Å². The minimum Gasteiger partial charge on any atom is -0.456 e. The van der Waals surface area contributed by atoms with Gasteiger partial charge in [0.05, 0.1) is 22.1 Å². The van der Waals surface area contributed by atoms with Crippen LogP contribution in [0, 0.1) is 10.1 Å². The van der Waals surface area contributed by atoms with Crippen molar-refractivity contribution in [2.75, 3.05) is 0 Å². The van der Waals surface area contributed by atoms with Gasteiger partial charge in [-0.05, 0) is 30.3 Å². The summed E-state index contributed by atoms with van der Waals surface area (Å²) in [5.74, 6) is -0.648. The monoisotopic (exact) mass is 546 g/mol. The van der Waals surface area contributed by atoms with Gasteiger partial charge in [0.2, 0.25) is 0 Å². The first-order chi connectivity index (χ1) is 17.4. The van der Waals surface area contributed by atoms with Crippen molar-refractivity contribution in [3.63, 3.8) is 0 Å². The molecule has 0 saturated carbocycles. The molecule has 0 N–H and O–H groups in total. The fourth-order valence-electron chi connectivity index (χ4n) is 4.54. The third-order valence-corrected chi connectivity index (χ3v) is 6.64. The molecular formula is C26H15BrN2O7. The van der Waals surface area contributed by atoms with Crippen LogP contribution < -0.4 is 16.1 Å². The summed E-state index contributed by atoms with van der Waals surface area (Å²) in [5.41, 5.74) is 0.656. The van der Waals surface area contributed by atoms with E-state index in [2.05, 4.69) is 15.9 Å². The molecule has 2 atom stereocenters. The van der Waals surface area contributed by atoms with Crippen LogP contribution in [0.15, 0.2) is 103 Å². The van der Waals surface area contributed by atoms with Crippen LogP contribution in [0.2, 0.25) is 0 Å². The zero-order valence-electron chi connectivity index (χ0n) is 18.3. The number of aromatic nitrogens is 1. The molecule has 9 nitrogen and oxygen atoms in total. The molecule has 0 bridgehead atoms. The Bertz CT molecular complexity index is 1690. The average molecular weight is 547 g/mol. The van der Waals surface area contributed by atoms with Crippen molar-refractivity contribution in [2.45, 2.75) is 12.0 Å². The van der Waals surface area contributed by atoms with Gasteiger partial charge in [-0.3, -0.25) is 14.9 Å². The van der Waals surface area contributed by atoms with E-state index >= 15 is 0 Å². The first-order valence-corrected chi connectivity index (χ1v) is 11.7. The summed E-state index contributed by atoms with van der Waals surface area (Å²) in [4.78, 5) is 37.4. The smallest absolute Gasteiger partial charge is 0.427 e. The molecule has 2 heterocycles. The summed E-state index contributed by atoms with van der Waals surface area (Å²) in [6.45, 7) is 0. The summed E-state index contributed by atoms with van der Waals surface area (Å²) in [7, 11) is 0. The van der Waals surface area contributed by atoms with Crippen molar-refractivity contribution in [3.8, 4) is 22.8 Å². The number of hydrogen-bond acceptors (Lipinski definition) is 7. The Balaban J connectivity index is 1.53. The highest BCUT2D eigenvalue weighted by molar-refractivity contribution is 9.10. The molecule has 0 amide bonds. The van der Waals surface area contributed by atoms with Gasteiger partial charge >= 0.3 is 5.76 Å². The van der Waals surface area contributed by atoms with Gasteiger partial charge in [0.15, 0.2) is 0 Å². The van der Waals surface area contributed by atoms with E-state index in [0.29, 0.717) is 11.3 Å². The van der Waals surface area contributed by atoms with Crippen molar-refractivity contribution in [1.82, 2.24) is 4.57 Å². The SMILES string of the molecule is O=c1oc2c(c(=O)n1-c1cccc([N+](=O)[O-])c1)C1C=C(Oc3ccc(Br)cc3)OC1c1ccccc1-2. The van der Waals surface area contributed by atoms with Crippen molar-refractivity contribution in [2.24, 2.45) is 0 Å². The molecule has 1 aliphatic carbocycles. The number of nitro benzene ring substituents is 1. The summed E-state index contributed by atoms with van der Waals surface area (Å²) in [6.07, 6.45) is 1.10. The molecule has 0 spiro atoms. The molecule has 0 saturated heterocycles. The zero-order chi connectivity index (χ0) is 25.0. The Kier molecular flexibility index (Phi) is 5.11. The Morgan fingerprint density at radius 1 is 1.00 bits per heavy atom. The quantitative estimate of drug-likeness (QED) is 0.254. The van der Waals surface area contributed by atoms with Crippen molar-refractivity contribution in [1.29, 1.82) is 0 Å². The number of ether oxygens (including phenoxy) is 2. The molecule has 10 heteroatoms. The predicted octanol–water partition coefficient (Wildman–Crippen LogP) is 5.22. The molecule has 1 aliphatic heterocycles. The largest absolute Gasteiger partial charge is 0.456 e. The van der Waals surface area contributed by atoms with Crippen LogP contribution in [0.25, 0.3) is 17.0 Å². The van der Waals surface area contributed by atoms with Crippen LogP contribution in [-0.2, 0) is 4.74 Å². The summed E-state index contributed by atoms with van der Waals surface area (Å²) >= 11 is 3.38. The van der Waals surface area contributed by atoms with Crippen LogP contribution in [0.4, 0.5) is 5.69 Å². The van der Waals surface area contributed by atoms with E-state index < -0.39 is 28.3 Å². The van der Waals surface area contributed by atoms with Crippen LogP contribution >= 0.6 is 15.9 Å². The van der Waals surface area contributed by atoms with E-state index in [0.717, 1.165) is 20.7 Å². The molecule has 0 fully saturated rings. The topological polar surface area (TPSA) is 114 Å². The molecule has 178 valence electrons. The number of nitro groups is 1. The Morgan fingerprint density at radius 2 is 1.78 bits per heavy atom. The number of benzene rings is 3. The standard InChI is InChI=1S/C26H15BrN2O7/c27-14-8-10-17(11-9-14)34-21-13-20-22-24(19-7-2-1-6-18(19)23(20)35-21)36-26(31)28(25(22)30)15-4-3-5-16(12-15)29(32)33/h1-13,20,23H. The molecule has 3 aromatic carbocycles. The Morgan fingerprint density at radius 3 is 2.56 bits per heavy atom. The number of halogens is 1. The second-order valence-corrected chi connectivity index (χ2v) is 9.14. The molecule has 2 aliphatic rings. The normalized spacial score (nSPS) is 17.3. The van der Waals surface area contributed by atoms with E-state index in [-0.39, 0.29) is 28.6 Å². The maximum atomic E-state index is 13.8. The van der Waals surface area contributed by atoms with Crippen LogP contribution in [-0.4, -0.2) is 9.49 Å². The number of hydrogen-bond donors (Lipinski definition) is 0. The van der Waals surface area contributed by atoms with Gasteiger partial charge in [-0.1, -0.05) is 46.3 Å². The highest BCUT2D eigenvalue weighted by atomic mass is 79.9. The lowest BCUT2D eigenvalue weighted by atomic mass is 9.81. The van der Waals surface area contributed by atoms with Gasteiger partial charge < -0.3 is 13.9 Å². The van der Waals surface area contributed by atoms with E-state index in [1.165, 1.54) is 18.2 Å². The number of rotatable bonds is 4. The van der Waals surface area contributed by atoms with Crippen LogP contribution in [0.3, 0.4) is 0 Å². The lowest BCUT2D eigenvalue weighted by molar-refractivity contribution is -0.384. The summed E-state index contributed by atoms with van der Waals surface area (Å²) < 4.78 is 19.4. The van der Waals surface area contributed by atoms with Gasteiger partial charge in [-0.2, -0.15) is 0 Å². The molecule has 2 unspecified atom stereocenters. The van der Waals surface area contributed by atoms with Gasteiger partial charge in [0.25, 0.3) is 17.2 Å². The average Bonchev–Trinajstić information content (AvgIpc) is 3.29. The minimum absolute atomic E-state index is 0.0374. The summed E-state index contributed by atoms with van der Waals surface area (Å²) in [6, 6.07) is 19.7. The fraction of sp³-hybridized carbons (Fsp3) is 0.0769. The van der Waals surface area contributed by atoms with Crippen molar-refractivity contribution >= 4 is 21.6 Å². The lowest BCUT2D eigenvalue weighted by Crippen LogP contribution is -2.36. The molecule has 0 radical (unpaired) electrons. The van der Waals surface area contributed by atoms with Gasteiger partial charge in [-0.15, -0.1) is 0 Å². The second-order valence-electron chi connectivity index (χ2n) is 8.22. The Hall–Kier alpha value is -4.44. The second kappa shape index (κ2) is 8.35. The van der Waals surface area contributed by atoms with Gasteiger partial charge in [-0.25, -0.2) is 9.36 Å². The van der Waals surface area contributed by atoms with Gasteiger partial charge in [0, 0.05) is 33.8 Å². The van der Waals surface area contributed by atoms with E-state index in [1.54, 1.807) is 30.3 Å². The fourth-order valence-corrected chi connectivity index (χ4v) is 4.81. The molecule has 4 aromatic rings. The van der Waals surface area contributed by atoms with Gasteiger partial charge in [0.1, 0.15) is 17.6 Å². The summed E-state index contributed by atoms with van der Waals surface area (Å²) in [5, 5.41) is 11.3. The highest BCUT2D eigenvalue weighted by Gasteiger charge is 2.43. The first-order valence-electron chi connectivity index (χ1n) is 10.9. The lowest BCUT2D eigenvalue weighted by Gasteiger charge is -2.27. The number of nitrogens with zero attached hydrogens (tertiary/aromatic N) is 2. The first kappa shape index (κ1) is 22.1. The predicted molar refractivity (Wildman–Crippen MR) is 132 cm³/mol. The van der Waals surface area contributed by atoms with Crippen molar-refractivity contribution in [3.05, 3.63) is 131 Å². The third kappa shape index (κ3) is 3.54. The highest BCUT2D eigenvalue weighted by Crippen LogP contribution is 2.51. The molecule has 6 rings (SSSR count). The number of fused-ring (bicyclic) bond motifs is 6. The zero-order valence-corrected chi connectivity index (χ0v) is 19.9.